The smallest absolute Gasteiger partial charge is 0.358 e. The second-order valence-corrected chi connectivity index (χ2v) is 6.64. The Kier molecular flexibility index (Phi) is 5.06. The maximum atomic E-state index is 12.4. The molecule has 130 valence electrons. The van der Waals surface area contributed by atoms with Crippen LogP contribution in [-0.2, 0) is 9.53 Å². The summed E-state index contributed by atoms with van der Waals surface area (Å²) in [5.74, 6) is -0.276. The Balaban J connectivity index is 1.77. The van der Waals surface area contributed by atoms with Crippen LogP contribution in [0.25, 0.3) is 0 Å². The van der Waals surface area contributed by atoms with E-state index in [1.165, 1.54) is 0 Å². The van der Waals surface area contributed by atoms with Crippen LogP contribution in [0.5, 0.6) is 0 Å². The molecule has 1 N–H and O–H groups in total. The van der Waals surface area contributed by atoms with Gasteiger partial charge in [-0.3, -0.25) is 4.90 Å². The summed E-state index contributed by atoms with van der Waals surface area (Å²) in [6.45, 7) is 4.89. The highest BCUT2D eigenvalue weighted by molar-refractivity contribution is 5.90. The molecular formula is C18H26N4O2. The van der Waals surface area contributed by atoms with Crippen molar-refractivity contribution in [2.24, 2.45) is 0 Å². The molecule has 2 fully saturated rings. The van der Waals surface area contributed by atoms with Gasteiger partial charge in [0.25, 0.3) is 0 Å². The molecule has 3 rings (SSSR count). The third-order valence-electron chi connectivity index (χ3n) is 4.60. The van der Waals surface area contributed by atoms with Crippen molar-refractivity contribution in [1.29, 1.82) is 0 Å². The maximum absolute atomic E-state index is 12.4. The van der Waals surface area contributed by atoms with E-state index in [9.17, 15) is 4.79 Å². The number of likely N-dealkylation sites (N-methyl/N-ethyl adjacent to an activating group) is 2. The van der Waals surface area contributed by atoms with E-state index in [1.807, 2.05) is 49.3 Å². The summed E-state index contributed by atoms with van der Waals surface area (Å²) >= 11 is 0. The van der Waals surface area contributed by atoms with Crippen LogP contribution < -0.4 is 5.32 Å². The Labute approximate surface area is 143 Å². The zero-order chi connectivity index (χ0) is 17.1. The van der Waals surface area contributed by atoms with E-state index in [-0.39, 0.29) is 5.97 Å². The summed E-state index contributed by atoms with van der Waals surface area (Å²) in [5, 5.41) is 3.27. The number of ether oxygens (including phenoxy) is 1. The van der Waals surface area contributed by atoms with E-state index in [1.54, 1.807) is 0 Å². The minimum Gasteiger partial charge on any atom is -0.433 e. The van der Waals surface area contributed by atoms with Gasteiger partial charge in [0, 0.05) is 52.4 Å². The predicted molar refractivity (Wildman–Crippen MR) is 93.1 cm³/mol. The standard InChI is InChI=1S/C18H26N4O2/c1-20(2)15(13-22-11-9-21(3)10-12-22)16-18(23)24-17(19-16)14-7-5-4-6-8-14/h4-8,17,19H,9-13H2,1-3H3/b16-15-. The average Bonchev–Trinajstić information content (AvgIpc) is 2.96. The number of benzene rings is 1. The van der Waals surface area contributed by atoms with Gasteiger partial charge in [-0.25, -0.2) is 4.79 Å². The van der Waals surface area contributed by atoms with Crippen molar-refractivity contribution in [2.45, 2.75) is 6.23 Å². The van der Waals surface area contributed by atoms with Gasteiger partial charge in [-0.05, 0) is 7.05 Å². The minimum absolute atomic E-state index is 0.276. The van der Waals surface area contributed by atoms with Crippen molar-refractivity contribution in [3.05, 3.63) is 47.3 Å². The molecule has 0 bridgehead atoms. The summed E-state index contributed by atoms with van der Waals surface area (Å²) in [5.41, 5.74) is 2.51. The highest BCUT2D eigenvalue weighted by Crippen LogP contribution is 2.25. The Morgan fingerprint density at radius 2 is 1.88 bits per heavy atom. The Hall–Kier alpha value is -2.05. The molecule has 24 heavy (non-hydrogen) atoms. The number of rotatable bonds is 4. The van der Waals surface area contributed by atoms with Gasteiger partial charge in [-0.1, -0.05) is 30.3 Å². The molecule has 0 saturated carbocycles. The number of piperazine rings is 1. The van der Waals surface area contributed by atoms with Crippen LogP contribution in [0.1, 0.15) is 11.8 Å². The fourth-order valence-electron chi connectivity index (χ4n) is 3.03. The van der Waals surface area contributed by atoms with Gasteiger partial charge in [0.05, 0.1) is 5.70 Å². The van der Waals surface area contributed by atoms with Crippen LogP contribution >= 0.6 is 0 Å². The summed E-state index contributed by atoms with van der Waals surface area (Å²) in [4.78, 5) is 19.1. The monoisotopic (exact) mass is 330 g/mol. The number of nitrogens with one attached hydrogen (secondary N) is 1. The number of hydrogen-bond donors (Lipinski definition) is 1. The highest BCUT2D eigenvalue weighted by atomic mass is 16.6. The molecule has 0 aliphatic carbocycles. The highest BCUT2D eigenvalue weighted by Gasteiger charge is 2.33. The predicted octanol–water partition coefficient (Wildman–Crippen LogP) is 0.852. The van der Waals surface area contributed by atoms with E-state index in [4.69, 9.17) is 4.74 Å². The molecule has 1 atom stereocenters. The summed E-state index contributed by atoms with van der Waals surface area (Å²) < 4.78 is 5.54. The van der Waals surface area contributed by atoms with E-state index in [0.29, 0.717) is 5.70 Å². The fourth-order valence-corrected chi connectivity index (χ4v) is 3.03. The second-order valence-electron chi connectivity index (χ2n) is 6.64. The molecule has 1 aromatic rings. The third-order valence-corrected chi connectivity index (χ3v) is 4.60. The second kappa shape index (κ2) is 7.23. The van der Waals surface area contributed by atoms with Crippen molar-refractivity contribution >= 4 is 5.97 Å². The zero-order valence-electron chi connectivity index (χ0n) is 14.7. The molecule has 2 aliphatic rings. The van der Waals surface area contributed by atoms with Crippen molar-refractivity contribution < 1.29 is 9.53 Å². The molecule has 0 aromatic heterocycles. The summed E-state index contributed by atoms with van der Waals surface area (Å²) in [6, 6.07) is 9.77. The lowest BCUT2D eigenvalue weighted by atomic mass is 10.2. The van der Waals surface area contributed by atoms with Crippen LogP contribution in [-0.4, -0.2) is 74.5 Å². The quantitative estimate of drug-likeness (QED) is 0.652. The zero-order valence-corrected chi connectivity index (χ0v) is 14.7. The van der Waals surface area contributed by atoms with Gasteiger partial charge in [0.2, 0.25) is 0 Å². The lowest BCUT2D eigenvalue weighted by molar-refractivity contribution is -0.139. The SMILES string of the molecule is CN1CCN(C/C(=C2/NC(c3ccccc3)OC2=O)N(C)C)CC1. The molecule has 1 unspecified atom stereocenters. The lowest BCUT2D eigenvalue weighted by Gasteiger charge is -2.34. The Bertz CT molecular complexity index is 607. The van der Waals surface area contributed by atoms with Gasteiger partial charge in [-0.2, -0.15) is 0 Å². The topological polar surface area (TPSA) is 48.1 Å². The molecule has 0 spiro atoms. The summed E-state index contributed by atoms with van der Waals surface area (Å²) in [6.07, 6.45) is -0.406. The first-order valence-electron chi connectivity index (χ1n) is 8.38. The minimum atomic E-state index is -0.406. The van der Waals surface area contributed by atoms with E-state index in [2.05, 4.69) is 22.2 Å². The van der Waals surface area contributed by atoms with Gasteiger partial charge < -0.3 is 19.9 Å². The summed E-state index contributed by atoms with van der Waals surface area (Å²) in [7, 11) is 6.09. The lowest BCUT2D eigenvalue weighted by Crippen LogP contribution is -2.46. The van der Waals surface area contributed by atoms with Crippen LogP contribution in [0.4, 0.5) is 0 Å². The molecule has 2 saturated heterocycles. The van der Waals surface area contributed by atoms with Crippen molar-refractivity contribution in [3.8, 4) is 0 Å². The van der Waals surface area contributed by atoms with Crippen LogP contribution in [0, 0.1) is 0 Å². The molecule has 6 nitrogen and oxygen atoms in total. The largest absolute Gasteiger partial charge is 0.433 e. The molecule has 0 amide bonds. The van der Waals surface area contributed by atoms with Crippen molar-refractivity contribution in [2.75, 3.05) is 53.9 Å². The Morgan fingerprint density at radius 1 is 1.21 bits per heavy atom. The van der Waals surface area contributed by atoms with Gasteiger partial charge in [0.1, 0.15) is 5.70 Å². The molecule has 2 heterocycles. The number of nitrogens with zero attached hydrogens (tertiary/aromatic N) is 3. The normalized spacial score (nSPS) is 24.5. The maximum Gasteiger partial charge on any atom is 0.358 e. The molecular weight excluding hydrogens is 304 g/mol. The van der Waals surface area contributed by atoms with Crippen molar-refractivity contribution in [3.63, 3.8) is 0 Å². The first kappa shape index (κ1) is 16.8. The number of esters is 1. The number of carbonyl (C=O) groups is 1. The molecule has 2 aliphatic heterocycles. The van der Waals surface area contributed by atoms with Crippen LogP contribution in [0.3, 0.4) is 0 Å². The number of carbonyl (C=O) groups excluding carboxylic acids is 1. The van der Waals surface area contributed by atoms with Gasteiger partial charge >= 0.3 is 5.97 Å². The first-order valence-corrected chi connectivity index (χ1v) is 8.38. The van der Waals surface area contributed by atoms with Crippen molar-refractivity contribution in [1.82, 2.24) is 20.0 Å². The van der Waals surface area contributed by atoms with Gasteiger partial charge in [-0.15, -0.1) is 0 Å². The van der Waals surface area contributed by atoms with Gasteiger partial charge in [0.15, 0.2) is 6.23 Å². The molecule has 1 aromatic carbocycles. The number of hydrogen-bond acceptors (Lipinski definition) is 6. The van der Waals surface area contributed by atoms with E-state index in [0.717, 1.165) is 44.0 Å². The van der Waals surface area contributed by atoms with Crippen LogP contribution in [0.2, 0.25) is 0 Å². The average molecular weight is 330 g/mol. The van der Waals surface area contributed by atoms with E-state index >= 15 is 0 Å². The third kappa shape index (κ3) is 3.71. The number of cyclic esters (lactones) is 1. The fraction of sp³-hybridized carbons (Fsp3) is 0.500. The molecule has 0 radical (unpaired) electrons. The molecule has 6 heteroatoms. The first-order chi connectivity index (χ1) is 11.5. The van der Waals surface area contributed by atoms with E-state index < -0.39 is 6.23 Å². The van der Waals surface area contributed by atoms with Crippen LogP contribution in [0.15, 0.2) is 41.7 Å². The Morgan fingerprint density at radius 3 is 2.50 bits per heavy atom.